The molecule has 0 radical (unpaired) electrons. The summed E-state index contributed by atoms with van der Waals surface area (Å²) in [5, 5.41) is 13.5. The van der Waals surface area contributed by atoms with Crippen LogP contribution in [0.4, 0.5) is 0 Å². The first-order valence-electron chi connectivity index (χ1n) is 8.28. The van der Waals surface area contributed by atoms with Crippen molar-refractivity contribution >= 4 is 5.91 Å². The highest BCUT2D eigenvalue weighted by Gasteiger charge is 2.23. The lowest BCUT2D eigenvalue weighted by Crippen LogP contribution is -2.48. The van der Waals surface area contributed by atoms with E-state index in [1.165, 1.54) is 10.7 Å². The maximum Gasteiger partial charge on any atom is 0.269 e. The maximum absolute atomic E-state index is 12.0. The van der Waals surface area contributed by atoms with Gasteiger partial charge in [-0.25, -0.2) is 4.68 Å². The number of aromatic nitrogens is 4. The zero-order chi connectivity index (χ0) is 16.8. The van der Waals surface area contributed by atoms with E-state index in [1.54, 1.807) is 24.5 Å². The minimum Gasteiger partial charge on any atom is -0.349 e. The van der Waals surface area contributed by atoms with Crippen LogP contribution in [0.3, 0.4) is 0 Å². The molecule has 1 aliphatic heterocycles. The summed E-state index contributed by atoms with van der Waals surface area (Å²) in [6, 6.07) is 5.10. The quantitative estimate of drug-likeness (QED) is 0.791. The summed E-state index contributed by atoms with van der Waals surface area (Å²) in [4.78, 5) is 26.1. The fourth-order valence-electron chi connectivity index (χ4n) is 3.05. The lowest BCUT2D eigenvalue weighted by molar-refractivity contribution is 0.0904. The molecule has 1 amide bonds. The molecular weight excluding hydrogens is 308 g/mol. The molecule has 8 heteroatoms. The van der Waals surface area contributed by atoms with Gasteiger partial charge in [0.05, 0.1) is 6.54 Å². The van der Waals surface area contributed by atoms with Crippen LogP contribution in [0.25, 0.3) is 0 Å². The third kappa shape index (κ3) is 4.08. The van der Waals surface area contributed by atoms with Crippen LogP contribution in [0.2, 0.25) is 0 Å². The Hall–Kier alpha value is -2.48. The Morgan fingerprint density at radius 1 is 1.29 bits per heavy atom. The van der Waals surface area contributed by atoms with Crippen molar-refractivity contribution in [2.24, 2.45) is 0 Å². The van der Waals surface area contributed by atoms with E-state index in [1.807, 2.05) is 0 Å². The molecule has 2 aromatic rings. The summed E-state index contributed by atoms with van der Waals surface area (Å²) in [6.45, 7) is 2.88. The summed E-state index contributed by atoms with van der Waals surface area (Å²) in [5.41, 5.74) is 0.385. The van der Waals surface area contributed by atoms with Crippen molar-refractivity contribution in [1.82, 2.24) is 30.2 Å². The molecule has 0 aromatic carbocycles. The first-order chi connectivity index (χ1) is 11.7. The van der Waals surface area contributed by atoms with Crippen LogP contribution in [0, 0.1) is 0 Å². The highest BCUT2D eigenvalue weighted by molar-refractivity contribution is 5.92. The van der Waals surface area contributed by atoms with E-state index in [0.717, 1.165) is 32.4 Å². The van der Waals surface area contributed by atoms with Gasteiger partial charge in [0.1, 0.15) is 5.69 Å². The van der Waals surface area contributed by atoms with Crippen LogP contribution in [0.5, 0.6) is 0 Å². The van der Waals surface area contributed by atoms with E-state index in [0.29, 0.717) is 18.8 Å². The SMILES string of the molecule is O=C(NCC1CCCCN1CCn1ncccc1=O)c1ccn[nH]1. The number of piperidine rings is 1. The Bertz CT molecular complexity index is 711. The second-order valence-electron chi connectivity index (χ2n) is 5.95. The molecule has 0 aliphatic carbocycles. The van der Waals surface area contributed by atoms with Crippen molar-refractivity contribution in [2.75, 3.05) is 19.6 Å². The van der Waals surface area contributed by atoms with Gasteiger partial charge in [-0.05, 0) is 31.5 Å². The maximum atomic E-state index is 12.0. The molecule has 8 nitrogen and oxygen atoms in total. The number of hydrogen-bond donors (Lipinski definition) is 2. The minimum atomic E-state index is -0.140. The number of aromatic amines is 1. The van der Waals surface area contributed by atoms with E-state index < -0.39 is 0 Å². The summed E-state index contributed by atoms with van der Waals surface area (Å²) >= 11 is 0. The second kappa shape index (κ2) is 7.87. The number of carbonyl (C=O) groups is 1. The largest absolute Gasteiger partial charge is 0.349 e. The van der Waals surface area contributed by atoms with Crippen molar-refractivity contribution < 1.29 is 4.79 Å². The van der Waals surface area contributed by atoms with Crippen LogP contribution >= 0.6 is 0 Å². The first kappa shape index (κ1) is 16.4. The molecule has 1 unspecified atom stereocenters. The van der Waals surface area contributed by atoms with Crippen LogP contribution in [-0.4, -0.2) is 56.5 Å². The Morgan fingerprint density at radius 3 is 3.00 bits per heavy atom. The van der Waals surface area contributed by atoms with Crippen LogP contribution in [0.15, 0.2) is 35.4 Å². The number of carbonyl (C=O) groups excluding carboxylic acids is 1. The minimum absolute atomic E-state index is 0.0846. The van der Waals surface area contributed by atoms with E-state index in [-0.39, 0.29) is 17.5 Å². The highest BCUT2D eigenvalue weighted by Crippen LogP contribution is 2.16. The third-order valence-electron chi connectivity index (χ3n) is 4.38. The molecule has 0 saturated carbocycles. The fraction of sp³-hybridized carbons (Fsp3) is 0.500. The molecule has 3 rings (SSSR count). The molecule has 24 heavy (non-hydrogen) atoms. The van der Waals surface area contributed by atoms with Gasteiger partial charge in [-0.3, -0.25) is 19.6 Å². The standard InChI is InChI=1S/C16H22N6O2/c23-15-5-3-7-19-22(15)11-10-21-9-2-1-4-13(21)12-17-16(24)14-6-8-18-20-14/h3,5-8,13H,1-2,4,9-12H2,(H,17,24)(H,18,20). The summed E-state index contributed by atoms with van der Waals surface area (Å²) in [7, 11) is 0. The molecule has 1 saturated heterocycles. The summed E-state index contributed by atoms with van der Waals surface area (Å²) in [6.07, 6.45) is 6.53. The zero-order valence-corrected chi connectivity index (χ0v) is 13.5. The van der Waals surface area contributed by atoms with E-state index in [4.69, 9.17) is 0 Å². The molecule has 2 aromatic heterocycles. The van der Waals surface area contributed by atoms with E-state index >= 15 is 0 Å². The van der Waals surface area contributed by atoms with Gasteiger partial charge >= 0.3 is 0 Å². The lowest BCUT2D eigenvalue weighted by Gasteiger charge is -2.35. The van der Waals surface area contributed by atoms with Gasteiger partial charge in [0.15, 0.2) is 0 Å². The summed E-state index contributed by atoms with van der Waals surface area (Å²) < 4.78 is 1.48. The Morgan fingerprint density at radius 2 is 2.21 bits per heavy atom. The number of likely N-dealkylation sites (tertiary alicyclic amines) is 1. The van der Waals surface area contributed by atoms with Gasteiger partial charge in [-0.15, -0.1) is 0 Å². The van der Waals surface area contributed by atoms with Crippen LogP contribution < -0.4 is 10.9 Å². The molecule has 1 aliphatic rings. The second-order valence-corrected chi connectivity index (χ2v) is 5.95. The number of rotatable bonds is 6. The molecule has 0 bridgehead atoms. The number of H-pyrrole nitrogens is 1. The van der Waals surface area contributed by atoms with Crippen molar-refractivity contribution in [3.63, 3.8) is 0 Å². The first-order valence-corrected chi connectivity index (χ1v) is 8.28. The van der Waals surface area contributed by atoms with Gasteiger partial charge in [-0.1, -0.05) is 6.42 Å². The van der Waals surface area contributed by atoms with Gasteiger partial charge in [-0.2, -0.15) is 10.2 Å². The lowest BCUT2D eigenvalue weighted by atomic mass is 10.0. The molecular formula is C16H22N6O2. The topological polar surface area (TPSA) is 95.9 Å². The molecule has 0 spiro atoms. The van der Waals surface area contributed by atoms with Gasteiger partial charge in [0.25, 0.3) is 11.5 Å². The third-order valence-corrected chi connectivity index (χ3v) is 4.38. The highest BCUT2D eigenvalue weighted by atomic mass is 16.2. The number of nitrogens with zero attached hydrogens (tertiary/aromatic N) is 4. The van der Waals surface area contributed by atoms with Crippen LogP contribution in [-0.2, 0) is 6.54 Å². The average Bonchev–Trinajstić information content (AvgIpc) is 3.14. The van der Waals surface area contributed by atoms with Crippen molar-refractivity contribution in [3.8, 4) is 0 Å². The van der Waals surface area contributed by atoms with Crippen molar-refractivity contribution in [1.29, 1.82) is 0 Å². The van der Waals surface area contributed by atoms with Gasteiger partial charge in [0, 0.05) is 37.6 Å². The predicted octanol–water partition coefficient (Wildman–Crippen LogP) is 0.251. The smallest absolute Gasteiger partial charge is 0.269 e. The monoisotopic (exact) mass is 330 g/mol. The Kier molecular flexibility index (Phi) is 5.37. The summed E-state index contributed by atoms with van der Waals surface area (Å²) in [5.74, 6) is -0.140. The van der Waals surface area contributed by atoms with Crippen molar-refractivity contribution in [3.05, 3.63) is 46.6 Å². The van der Waals surface area contributed by atoms with Gasteiger partial charge < -0.3 is 5.32 Å². The molecule has 2 N–H and O–H groups in total. The molecule has 1 atom stereocenters. The zero-order valence-electron chi connectivity index (χ0n) is 13.5. The van der Waals surface area contributed by atoms with E-state index in [9.17, 15) is 9.59 Å². The molecule has 3 heterocycles. The predicted molar refractivity (Wildman–Crippen MR) is 88.6 cm³/mol. The van der Waals surface area contributed by atoms with Gasteiger partial charge in [0.2, 0.25) is 0 Å². The fourth-order valence-corrected chi connectivity index (χ4v) is 3.05. The number of amides is 1. The normalized spacial score (nSPS) is 18.4. The van der Waals surface area contributed by atoms with Crippen LogP contribution in [0.1, 0.15) is 29.8 Å². The molecule has 128 valence electrons. The van der Waals surface area contributed by atoms with Crippen molar-refractivity contribution in [2.45, 2.75) is 31.8 Å². The van der Waals surface area contributed by atoms with E-state index in [2.05, 4.69) is 25.5 Å². The molecule has 1 fully saturated rings. The Labute approximate surface area is 139 Å². The number of nitrogens with one attached hydrogen (secondary N) is 2. The average molecular weight is 330 g/mol. The number of hydrogen-bond acceptors (Lipinski definition) is 5. The Balaban J connectivity index is 1.54.